The van der Waals surface area contributed by atoms with E-state index in [2.05, 4.69) is 10.6 Å². The lowest BCUT2D eigenvalue weighted by Crippen LogP contribution is -2.20. The van der Waals surface area contributed by atoms with Crippen LogP contribution >= 0.6 is 0 Å². The minimum atomic E-state index is -0.657. The number of anilines is 2. The fourth-order valence-corrected chi connectivity index (χ4v) is 2.34. The van der Waals surface area contributed by atoms with Gasteiger partial charge in [-0.05, 0) is 48.0 Å². The van der Waals surface area contributed by atoms with Gasteiger partial charge in [-0.25, -0.2) is 4.79 Å². The van der Waals surface area contributed by atoms with Crippen molar-refractivity contribution in [3.05, 3.63) is 54.1 Å². The highest BCUT2D eigenvalue weighted by Gasteiger charge is 2.07. The van der Waals surface area contributed by atoms with Crippen molar-refractivity contribution in [3.8, 4) is 11.5 Å². The normalized spacial score (nSPS) is 10.3. The SMILES string of the molecule is COc1ccc(C=CC(=O)OCC(=O)Nc2ccc(NC(C)=O)cc2)cc1OC. The molecule has 2 aromatic carbocycles. The molecule has 0 aliphatic heterocycles. The van der Waals surface area contributed by atoms with Gasteiger partial charge in [-0.15, -0.1) is 0 Å². The van der Waals surface area contributed by atoms with Crippen LogP contribution in [-0.2, 0) is 19.1 Å². The molecule has 0 aliphatic rings. The zero-order valence-corrected chi connectivity index (χ0v) is 16.4. The minimum Gasteiger partial charge on any atom is -0.493 e. The highest BCUT2D eigenvalue weighted by atomic mass is 16.5. The van der Waals surface area contributed by atoms with Gasteiger partial charge in [-0.3, -0.25) is 9.59 Å². The maximum atomic E-state index is 11.9. The first-order chi connectivity index (χ1) is 13.9. The third-order valence-corrected chi connectivity index (χ3v) is 3.65. The molecule has 0 unspecified atom stereocenters. The topological polar surface area (TPSA) is 103 Å². The van der Waals surface area contributed by atoms with Crippen LogP contribution in [0.25, 0.3) is 6.08 Å². The fraction of sp³-hybridized carbons (Fsp3) is 0.190. The summed E-state index contributed by atoms with van der Waals surface area (Å²) in [4.78, 5) is 34.7. The molecule has 2 amide bonds. The summed E-state index contributed by atoms with van der Waals surface area (Å²) in [5.41, 5.74) is 1.84. The fourth-order valence-electron chi connectivity index (χ4n) is 2.34. The van der Waals surface area contributed by atoms with Gasteiger partial charge in [0.1, 0.15) is 0 Å². The molecule has 0 aliphatic carbocycles. The second-order valence-corrected chi connectivity index (χ2v) is 5.86. The Labute approximate surface area is 168 Å². The molecule has 29 heavy (non-hydrogen) atoms. The third-order valence-electron chi connectivity index (χ3n) is 3.65. The molecule has 0 radical (unpaired) electrons. The van der Waals surface area contributed by atoms with Crippen LogP contribution in [0.3, 0.4) is 0 Å². The number of nitrogens with one attached hydrogen (secondary N) is 2. The first-order valence-electron chi connectivity index (χ1n) is 8.65. The second kappa shape index (κ2) is 10.5. The summed E-state index contributed by atoms with van der Waals surface area (Å²) in [7, 11) is 3.05. The number of benzene rings is 2. The summed E-state index contributed by atoms with van der Waals surface area (Å²) in [5, 5.41) is 5.22. The number of ether oxygens (including phenoxy) is 3. The number of amides is 2. The number of hydrogen-bond acceptors (Lipinski definition) is 6. The molecule has 0 saturated heterocycles. The Hall–Kier alpha value is -3.81. The predicted octanol–water partition coefficient (Wildman–Crippen LogP) is 2.86. The van der Waals surface area contributed by atoms with Gasteiger partial charge < -0.3 is 24.8 Å². The van der Waals surface area contributed by atoms with E-state index in [4.69, 9.17) is 14.2 Å². The first kappa shape index (κ1) is 21.5. The van der Waals surface area contributed by atoms with Crippen molar-refractivity contribution in [2.45, 2.75) is 6.92 Å². The molecule has 2 rings (SSSR count). The molecule has 0 bridgehead atoms. The number of methoxy groups -OCH3 is 2. The molecule has 0 saturated carbocycles. The standard InChI is InChI=1S/C21H22N2O6/c1-14(24)22-16-6-8-17(9-7-16)23-20(25)13-29-21(26)11-5-15-4-10-18(27-2)19(12-15)28-3/h4-12H,13H2,1-3H3,(H,22,24)(H,23,25). The lowest BCUT2D eigenvalue weighted by atomic mass is 10.2. The van der Waals surface area contributed by atoms with Crippen LogP contribution in [-0.4, -0.2) is 38.6 Å². The van der Waals surface area contributed by atoms with Crippen LogP contribution in [0.1, 0.15) is 12.5 Å². The molecular formula is C21H22N2O6. The van der Waals surface area contributed by atoms with Crippen molar-refractivity contribution in [1.29, 1.82) is 0 Å². The summed E-state index contributed by atoms with van der Waals surface area (Å²) >= 11 is 0. The molecule has 8 heteroatoms. The molecule has 2 aromatic rings. The van der Waals surface area contributed by atoms with Crippen LogP contribution in [0, 0.1) is 0 Å². The van der Waals surface area contributed by atoms with Gasteiger partial charge in [0.25, 0.3) is 5.91 Å². The Morgan fingerprint density at radius 3 is 2.10 bits per heavy atom. The lowest BCUT2D eigenvalue weighted by Gasteiger charge is -2.08. The minimum absolute atomic E-state index is 0.185. The van der Waals surface area contributed by atoms with E-state index in [0.29, 0.717) is 28.4 Å². The van der Waals surface area contributed by atoms with Crippen molar-refractivity contribution in [2.75, 3.05) is 31.5 Å². The van der Waals surface area contributed by atoms with Crippen LogP contribution in [0.4, 0.5) is 11.4 Å². The van der Waals surface area contributed by atoms with Gasteiger partial charge in [-0.2, -0.15) is 0 Å². The quantitative estimate of drug-likeness (QED) is 0.524. The van der Waals surface area contributed by atoms with Gasteiger partial charge in [-0.1, -0.05) is 6.07 Å². The monoisotopic (exact) mass is 398 g/mol. The summed E-state index contributed by atoms with van der Waals surface area (Å²) in [5.74, 6) is -0.211. The van der Waals surface area contributed by atoms with E-state index in [9.17, 15) is 14.4 Å². The molecule has 0 atom stereocenters. The van der Waals surface area contributed by atoms with Crippen molar-refractivity contribution in [1.82, 2.24) is 0 Å². The van der Waals surface area contributed by atoms with E-state index in [1.165, 1.54) is 27.2 Å². The van der Waals surface area contributed by atoms with Crippen LogP contribution in [0.15, 0.2) is 48.5 Å². The number of esters is 1. The maximum absolute atomic E-state index is 11.9. The van der Waals surface area contributed by atoms with E-state index in [1.807, 2.05) is 0 Å². The van der Waals surface area contributed by atoms with Gasteiger partial charge >= 0.3 is 5.97 Å². The average molecular weight is 398 g/mol. The van der Waals surface area contributed by atoms with E-state index >= 15 is 0 Å². The summed E-state index contributed by atoms with van der Waals surface area (Å²) in [6.07, 6.45) is 2.76. The van der Waals surface area contributed by atoms with Crippen molar-refractivity contribution < 1.29 is 28.6 Å². The highest BCUT2D eigenvalue weighted by molar-refractivity contribution is 5.95. The molecule has 2 N–H and O–H groups in total. The molecule has 0 aromatic heterocycles. The smallest absolute Gasteiger partial charge is 0.331 e. The third kappa shape index (κ3) is 7.02. The Morgan fingerprint density at radius 1 is 0.897 bits per heavy atom. The van der Waals surface area contributed by atoms with E-state index in [1.54, 1.807) is 48.5 Å². The van der Waals surface area contributed by atoms with Crippen LogP contribution in [0.5, 0.6) is 11.5 Å². The summed E-state index contributed by atoms with van der Waals surface area (Å²) in [6, 6.07) is 11.7. The average Bonchev–Trinajstić information content (AvgIpc) is 2.71. The molecule has 0 spiro atoms. The van der Waals surface area contributed by atoms with E-state index in [0.717, 1.165) is 0 Å². The van der Waals surface area contributed by atoms with Crippen LogP contribution in [0.2, 0.25) is 0 Å². The van der Waals surface area contributed by atoms with Gasteiger partial charge in [0.15, 0.2) is 18.1 Å². The largest absolute Gasteiger partial charge is 0.493 e. The Morgan fingerprint density at radius 2 is 1.52 bits per heavy atom. The Balaban J connectivity index is 1.83. The maximum Gasteiger partial charge on any atom is 0.331 e. The lowest BCUT2D eigenvalue weighted by molar-refractivity contribution is -0.142. The molecule has 152 valence electrons. The Bertz CT molecular complexity index is 906. The summed E-state index contributed by atoms with van der Waals surface area (Å²) in [6.45, 7) is 0.978. The van der Waals surface area contributed by atoms with Gasteiger partial charge in [0.05, 0.1) is 14.2 Å². The molecular weight excluding hydrogens is 376 g/mol. The van der Waals surface area contributed by atoms with E-state index < -0.39 is 18.5 Å². The van der Waals surface area contributed by atoms with Crippen molar-refractivity contribution in [2.24, 2.45) is 0 Å². The number of carbonyl (C=O) groups excluding carboxylic acids is 3. The number of hydrogen-bond donors (Lipinski definition) is 2. The van der Waals surface area contributed by atoms with Gasteiger partial charge in [0, 0.05) is 24.4 Å². The van der Waals surface area contributed by atoms with Crippen molar-refractivity contribution >= 4 is 35.2 Å². The van der Waals surface area contributed by atoms with E-state index in [-0.39, 0.29) is 5.91 Å². The number of rotatable bonds is 8. The zero-order valence-electron chi connectivity index (χ0n) is 16.4. The zero-order chi connectivity index (χ0) is 21.2. The molecule has 0 fully saturated rings. The molecule has 8 nitrogen and oxygen atoms in total. The van der Waals surface area contributed by atoms with Crippen LogP contribution < -0.4 is 20.1 Å². The Kier molecular flexibility index (Phi) is 7.78. The summed E-state index contributed by atoms with van der Waals surface area (Å²) < 4.78 is 15.3. The molecule has 0 heterocycles. The van der Waals surface area contributed by atoms with Crippen molar-refractivity contribution in [3.63, 3.8) is 0 Å². The second-order valence-electron chi connectivity index (χ2n) is 5.86. The van der Waals surface area contributed by atoms with Gasteiger partial charge in [0.2, 0.25) is 5.91 Å². The first-order valence-corrected chi connectivity index (χ1v) is 8.65. The number of carbonyl (C=O) groups is 3. The highest BCUT2D eigenvalue weighted by Crippen LogP contribution is 2.27. The predicted molar refractivity (Wildman–Crippen MR) is 109 cm³/mol.